The second-order valence-electron chi connectivity index (χ2n) is 4.41. The molecule has 0 N–H and O–H groups in total. The zero-order valence-electron chi connectivity index (χ0n) is 9.90. The number of Topliss-reactive ketones (excluding diaryl/α,β-unsaturated/α-hetero) is 1. The quantitative estimate of drug-likeness (QED) is 0.700. The molecule has 0 saturated heterocycles. The molecule has 1 heterocycles. The summed E-state index contributed by atoms with van der Waals surface area (Å²) >= 11 is 6.84. The van der Waals surface area contributed by atoms with Gasteiger partial charge in [-0.15, -0.1) is 0 Å². The number of ether oxygens (including phenoxy) is 1. The summed E-state index contributed by atoms with van der Waals surface area (Å²) in [7, 11) is 0. The number of hydrogen-bond acceptors (Lipinski definition) is 2. The molecular weight excluding hydrogens is 372 g/mol. The van der Waals surface area contributed by atoms with Crippen LogP contribution in [0, 0.1) is 0 Å². The second kappa shape index (κ2) is 5.10. The third-order valence-corrected chi connectivity index (χ3v) is 4.16. The molecule has 2 nitrogen and oxygen atoms in total. The zero-order chi connectivity index (χ0) is 13.4. The van der Waals surface area contributed by atoms with E-state index >= 15 is 0 Å². The number of hydrogen-bond donors (Lipinski definition) is 0. The fourth-order valence-corrected chi connectivity index (χ4v) is 3.52. The number of rotatable bonds is 1. The largest absolute Gasteiger partial charge is 0.483 e. The van der Waals surface area contributed by atoms with Crippen molar-refractivity contribution < 1.29 is 9.53 Å². The van der Waals surface area contributed by atoms with Gasteiger partial charge >= 0.3 is 0 Å². The summed E-state index contributed by atoms with van der Waals surface area (Å²) in [4.78, 5) is 12.3. The van der Waals surface area contributed by atoms with Crippen molar-refractivity contribution >= 4 is 37.6 Å². The lowest BCUT2D eigenvalue weighted by atomic mass is 9.96. The van der Waals surface area contributed by atoms with Crippen LogP contribution < -0.4 is 4.74 Å². The molecule has 0 spiro atoms. The van der Waals surface area contributed by atoms with Crippen LogP contribution in [-0.4, -0.2) is 5.78 Å². The van der Waals surface area contributed by atoms with E-state index in [2.05, 4.69) is 31.9 Å². The highest BCUT2D eigenvalue weighted by molar-refractivity contribution is 9.11. The molecule has 19 heavy (non-hydrogen) atoms. The molecule has 1 aliphatic rings. The van der Waals surface area contributed by atoms with Gasteiger partial charge in [-0.05, 0) is 33.6 Å². The van der Waals surface area contributed by atoms with Gasteiger partial charge in [-0.3, -0.25) is 4.79 Å². The summed E-state index contributed by atoms with van der Waals surface area (Å²) in [6.07, 6.45) is 0.165. The number of carbonyl (C=O) groups is 1. The smallest absolute Gasteiger partial charge is 0.170 e. The first kappa shape index (κ1) is 12.9. The maximum absolute atomic E-state index is 12.3. The lowest BCUT2D eigenvalue weighted by Gasteiger charge is -2.26. The van der Waals surface area contributed by atoms with Crippen molar-refractivity contribution in [2.24, 2.45) is 0 Å². The van der Waals surface area contributed by atoms with Crippen LogP contribution in [-0.2, 0) is 0 Å². The van der Waals surface area contributed by atoms with Crippen molar-refractivity contribution in [3.63, 3.8) is 0 Å². The van der Waals surface area contributed by atoms with E-state index in [9.17, 15) is 4.79 Å². The van der Waals surface area contributed by atoms with E-state index < -0.39 is 0 Å². The van der Waals surface area contributed by atoms with E-state index in [-0.39, 0.29) is 11.9 Å². The number of carbonyl (C=O) groups excluding carboxylic acids is 1. The van der Waals surface area contributed by atoms with Crippen LogP contribution in [0.3, 0.4) is 0 Å². The number of halogens is 2. The average Bonchev–Trinajstić information content (AvgIpc) is 2.41. The Kier molecular flexibility index (Phi) is 3.46. The summed E-state index contributed by atoms with van der Waals surface area (Å²) in [6, 6.07) is 13.5. The summed E-state index contributed by atoms with van der Waals surface area (Å²) in [5.41, 5.74) is 1.66. The van der Waals surface area contributed by atoms with Gasteiger partial charge in [-0.25, -0.2) is 0 Å². The average molecular weight is 382 g/mol. The Balaban J connectivity index is 2.03. The molecule has 4 heteroatoms. The van der Waals surface area contributed by atoms with Crippen LogP contribution in [0.4, 0.5) is 0 Å². The fraction of sp³-hybridized carbons (Fsp3) is 0.133. The van der Waals surface area contributed by atoms with Crippen LogP contribution in [0.5, 0.6) is 5.75 Å². The third kappa shape index (κ3) is 2.47. The summed E-state index contributed by atoms with van der Waals surface area (Å²) in [6.45, 7) is 0. The Bertz CT molecular complexity index is 638. The molecule has 0 aromatic heterocycles. The van der Waals surface area contributed by atoms with Crippen molar-refractivity contribution in [1.29, 1.82) is 0 Å². The molecule has 1 atom stereocenters. The molecule has 0 fully saturated rings. The van der Waals surface area contributed by atoms with Gasteiger partial charge < -0.3 is 4.74 Å². The zero-order valence-corrected chi connectivity index (χ0v) is 13.1. The Morgan fingerprint density at radius 1 is 1.11 bits per heavy atom. The highest BCUT2D eigenvalue weighted by atomic mass is 79.9. The van der Waals surface area contributed by atoms with Crippen molar-refractivity contribution in [3.8, 4) is 5.75 Å². The van der Waals surface area contributed by atoms with Gasteiger partial charge in [-0.1, -0.05) is 46.3 Å². The van der Waals surface area contributed by atoms with Crippen molar-refractivity contribution in [2.75, 3.05) is 0 Å². The fourth-order valence-electron chi connectivity index (χ4n) is 2.20. The predicted octanol–water partition coefficient (Wildman–Crippen LogP) is 4.92. The monoisotopic (exact) mass is 380 g/mol. The van der Waals surface area contributed by atoms with Crippen LogP contribution >= 0.6 is 31.9 Å². The summed E-state index contributed by atoms with van der Waals surface area (Å²) in [5.74, 6) is 0.741. The lowest BCUT2D eigenvalue weighted by Crippen LogP contribution is -2.20. The van der Waals surface area contributed by atoms with Gasteiger partial charge in [0.15, 0.2) is 5.78 Å². The van der Waals surface area contributed by atoms with Crippen LogP contribution in [0.1, 0.15) is 28.4 Å². The Morgan fingerprint density at radius 2 is 1.84 bits per heavy atom. The molecular formula is C15H10Br2O2. The SMILES string of the molecule is O=C1CC(c2ccccc2)Oc2c(Br)cc(Br)cc21. The van der Waals surface area contributed by atoms with E-state index in [1.165, 1.54) is 0 Å². The van der Waals surface area contributed by atoms with Crippen molar-refractivity contribution in [3.05, 3.63) is 62.5 Å². The van der Waals surface area contributed by atoms with Crippen molar-refractivity contribution in [1.82, 2.24) is 0 Å². The standard InChI is InChI=1S/C15H10Br2O2/c16-10-6-11-13(18)8-14(9-4-2-1-3-5-9)19-15(11)12(17)7-10/h1-7,14H,8H2. The molecule has 0 amide bonds. The minimum Gasteiger partial charge on any atom is -0.483 e. The van der Waals surface area contributed by atoms with Gasteiger partial charge in [-0.2, -0.15) is 0 Å². The van der Waals surface area contributed by atoms with E-state index in [0.717, 1.165) is 14.5 Å². The molecule has 2 aromatic rings. The summed E-state index contributed by atoms with van der Waals surface area (Å²) in [5, 5.41) is 0. The first-order chi connectivity index (χ1) is 9.15. The Morgan fingerprint density at radius 3 is 2.58 bits per heavy atom. The van der Waals surface area contributed by atoms with E-state index in [1.807, 2.05) is 42.5 Å². The van der Waals surface area contributed by atoms with Gasteiger partial charge in [0.05, 0.1) is 16.5 Å². The molecule has 96 valence electrons. The van der Waals surface area contributed by atoms with E-state index in [1.54, 1.807) is 0 Å². The van der Waals surface area contributed by atoms with Crippen LogP contribution in [0.2, 0.25) is 0 Å². The molecule has 1 unspecified atom stereocenters. The minimum absolute atomic E-state index is 0.108. The van der Waals surface area contributed by atoms with E-state index in [4.69, 9.17) is 4.74 Å². The number of benzene rings is 2. The van der Waals surface area contributed by atoms with Crippen LogP contribution in [0.25, 0.3) is 0 Å². The molecule has 0 radical (unpaired) electrons. The maximum atomic E-state index is 12.3. The molecule has 0 saturated carbocycles. The van der Waals surface area contributed by atoms with Gasteiger partial charge in [0, 0.05) is 4.47 Å². The van der Waals surface area contributed by atoms with Gasteiger partial charge in [0.1, 0.15) is 11.9 Å². The molecule has 0 aliphatic carbocycles. The topological polar surface area (TPSA) is 26.3 Å². The van der Waals surface area contributed by atoms with Gasteiger partial charge in [0.25, 0.3) is 0 Å². The molecule has 2 aromatic carbocycles. The summed E-state index contributed by atoms with van der Waals surface area (Å²) < 4.78 is 7.65. The Hall–Kier alpha value is -1.13. The molecule has 0 bridgehead atoms. The Labute approximate surface area is 128 Å². The highest BCUT2D eigenvalue weighted by Gasteiger charge is 2.29. The van der Waals surface area contributed by atoms with E-state index in [0.29, 0.717) is 17.7 Å². The molecule has 1 aliphatic heterocycles. The second-order valence-corrected chi connectivity index (χ2v) is 6.18. The third-order valence-electron chi connectivity index (χ3n) is 3.11. The lowest BCUT2D eigenvalue weighted by molar-refractivity contribution is 0.0848. The highest BCUT2D eigenvalue weighted by Crippen LogP contribution is 2.41. The predicted molar refractivity (Wildman–Crippen MR) is 80.6 cm³/mol. The van der Waals surface area contributed by atoms with Gasteiger partial charge in [0.2, 0.25) is 0 Å². The maximum Gasteiger partial charge on any atom is 0.170 e. The normalized spacial score (nSPS) is 17.8. The number of ketones is 1. The number of fused-ring (bicyclic) bond motifs is 1. The van der Waals surface area contributed by atoms with Crippen LogP contribution in [0.15, 0.2) is 51.4 Å². The van der Waals surface area contributed by atoms with Crippen molar-refractivity contribution in [2.45, 2.75) is 12.5 Å². The molecule has 3 rings (SSSR count). The first-order valence-electron chi connectivity index (χ1n) is 5.89. The first-order valence-corrected chi connectivity index (χ1v) is 7.47. The minimum atomic E-state index is -0.210.